The van der Waals surface area contributed by atoms with Gasteiger partial charge in [0.1, 0.15) is 13.2 Å². The van der Waals surface area contributed by atoms with Gasteiger partial charge in [0.15, 0.2) is 6.10 Å². The molecule has 6 heteroatoms. The molecule has 424 valence electrons. The van der Waals surface area contributed by atoms with Crippen LogP contribution in [0.2, 0.25) is 0 Å². The summed E-state index contributed by atoms with van der Waals surface area (Å²) in [6, 6.07) is 0. The minimum Gasteiger partial charge on any atom is -0.462 e. The van der Waals surface area contributed by atoms with Gasteiger partial charge in [-0.25, -0.2) is 0 Å². The fourth-order valence-electron chi connectivity index (χ4n) is 9.25. The van der Waals surface area contributed by atoms with E-state index in [-0.39, 0.29) is 31.1 Å². The molecule has 0 aromatic carbocycles. The van der Waals surface area contributed by atoms with Crippen LogP contribution < -0.4 is 0 Å². The predicted molar refractivity (Wildman–Crippen MR) is 316 cm³/mol. The van der Waals surface area contributed by atoms with Crippen molar-refractivity contribution in [3.63, 3.8) is 0 Å². The molecule has 0 radical (unpaired) electrons. The molecule has 0 saturated carbocycles. The van der Waals surface area contributed by atoms with Crippen molar-refractivity contribution in [1.82, 2.24) is 0 Å². The van der Waals surface area contributed by atoms with Crippen molar-refractivity contribution < 1.29 is 28.6 Å². The van der Waals surface area contributed by atoms with Crippen molar-refractivity contribution in [3.8, 4) is 0 Å². The van der Waals surface area contributed by atoms with Gasteiger partial charge in [0.25, 0.3) is 0 Å². The number of carbonyl (C=O) groups is 3. The Kier molecular flexibility index (Phi) is 59.2. The van der Waals surface area contributed by atoms with Gasteiger partial charge in [-0.2, -0.15) is 0 Å². The van der Waals surface area contributed by atoms with Gasteiger partial charge in [0, 0.05) is 19.3 Å². The second-order valence-corrected chi connectivity index (χ2v) is 21.3. The summed E-state index contributed by atoms with van der Waals surface area (Å²) in [5.74, 6) is -0.862. The Morgan fingerprint density at radius 2 is 0.534 bits per heavy atom. The average Bonchev–Trinajstić information content (AvgIpc) is 3.39. The monoisotopic (exact) mass is 1020 g/mol. The molecule has 0 aromatic rings. The number of hydrogen-bond acceptors (Lipinski definition) is 6. The van der Waals surface area contributed by atoms with E-state index in [0.29, 0.717) is 19.3 Å². The summed E-state index contributed by atoms with van der Waals surface area (Å²) >= 11 is 0. The maximum atomic E-state index is 12.9. The highest BCUT2D eigenvalue weighted by Crippen LogP contribution is 2.17. The maximum Gasteiger partial charge on any atom is 0.306 e. The van der Waals surface area contributed by atoms with E-state index in [9.17, 15) is 14.4 Å². The molecule has 0 aromatic heterocycles. The first-order valence-electron chi connectivity index (χ1n) is 31.8. The first-order valence-corrected chi connectivity index (χ1v) is 31.8. The van der Waals surface area contributed by atoms with Crippen molar-refractivity contribution >= 4 is 17.9 Å². The molecular weight excluding hydrogens is 901 g/mol. The molecule has 0 aliphatic heterocycles. The fraction of sp³-hybridized carbons (Fsp3) is 0.806. The second-order valence-electron chi connectivity index (χ2n) is 21.3. The summed E-state index contributed by atoms with van der Waals surface area (Å²) in [5.41, 5.74) is 0. The van der Waals surface area contributed by atoms with Gasteiger partial charge in [-0.05, 0) is 83.5 Å². The Labute approximate surface area is 453 Å². The van der Waals surface area contributed by atoms with Crippen molar-refractivity contribution in [1.29, 1.82) is 0 Å². The number of hydrogen-bond donors (Lipinski definition) is 0. The summed E-state index contributed by atoms with van der Waals surface area (Å²) in [5, 5.41) is 0. The van der Waals surface area contributed by atoms with Crippen LogP contribution in [-0.2, 0) is 28.6 Å². The lowest BCUT2D eigenvalue weighted by atomic mass is 10.0. The third-order valence-corrected chi connectivity index (χ3v) is 14.0. The van der Waals surface area contributed by atoms with E-state index < -0.39 is 6.10 Å². The maximum absolute atomic E-state index is 12.9. The topological polar surface area (TPSA) is 78.9 Å². The highest BCUT2D eigenvalue weighted by Gasteiger charge is 2.19. The number of allylic oxidation sites excluding steroid dienone is 10. The van der Waals surface area contributed by atoms with Gasteiger partial charge in [0.2, 0.25) is 0 Å². The lowest BCUT2D eigenvalue weighted by Crippen LogP contribution is -2.30. The molecule has 1 unspecified atom stereocenters. The summed E-state index contributed by atoms with van der Waals surface area (Å²) in [6.07, 6.45) is 78.1. The smallest absolute Gasteiger partial charge is 0.306 e. The number of unbranched alkanes of at least 4 members (excludes halogenated alkanes) is 37. The van der Waals surface area contributed by atoms with Crippen molar-refractivity contribution in [2.45, 2.75) is 335 Å². The molecule has 0 fully saturated rings. The van der Waals surface area contributed by atoms with Crippen molar-refractivity contribution in [3.05, 3.63) is 60.8 Å². The molecule has 1 atom stereocenters. The van der Waals surface area contributed by atoms with E-state index in [0.717, 1.165) is 83.5 Å². The Hall–Kier alpha value is -2.89. The molecule has 6 nitrogen and oxygen atoms in total. The minimum atomic E-state index is -0.772. The van der Waals surface area contributed by atoms with Crippen LogP contribution in [0, 0.1) is 0 Å². The largest absolute Gasteiger partial charge is 0.462 e. The quantitative estimate of drug-likeness (QED) is 0.0261. The molecule has 0 rings (SSSR count). The zero-order chi connectivity index (χ0) is 52.9. The van der Waals surface area contributed by atoms with Crippen LogP contribution in [0.3, 0.4) is 0 Å². The van der Waals surface area contributed by atoms with E-state index >= 15 is 0 Å². The lowest BCUT2D eigenvalue weighted by molar-refractivity contribution is -0.167. The predicted octanol–water partition coefficient (Wildman–Crippen LogP) is 21.6. The van der Waals surface area contributed by atoms with E-state index in [1.54, 1.807) is 0 Å². The zero-order valence-corrected chi connectivity index (χ0v) is 48.7. The Morgan fingerprint density at radius 1 is 0.288 bits per heavy atom. The van der Waals surface area contributed by atoms with Crippen LogP contribution in [0.15, 0.2) is 60.8 Å². The highest BCUT2D eigenvalue weighted by atomic mass is 16.6. The number of carbonyl (C=O) groups excluding carboxylic acids is 3. The van der Waals surface area contributed by atoms with Gasteiger partial charge < -0.3 is 14.2 Å². The number of rotatable bonds is 58. The van der Waals surface area contributed by atoms with Crippen LogP contribution in [0.25, 0.3) is 0 Å². The summed E-state index contributed by atoms with van der Waals surface area (Å²) in [4.78, 5) is 38.1. The van der Waals surface area contributed by atoms with Gasteiger partial charge in [-0.1, -0.05) is 287 Å². The molecule has 73 heavy (non-hydrogen) atoms. The molecule has 0 heterocycles. The van der Waals surface area contributed by atoms with E-state index in [1.165, 1.54) is 205 Å². The van der Waals surface area contributed by atoms with Crippen molar-refractivity contribution in [2.75, 3.05) is 13.2 Å². The standard InChI is InChI=1S/C67H120O6/c1-4-7-10-13-16-19-21-23-25-27-28-29-30-31-32-33-34-35-36-37-38-40-41-43-45-48-51-54-57-60-66(69)72-63-64(62-71-65(68)59-56-53-50-47-18-15-12-9-6-3)73-67(70)61-58-55-52-49-46-44-42-39-26-24-22-20-17-14-11-8-5-2/h7,10,16,19,23-26,28-29,64H,4-6,8-9,11-15,17-18,20-22,27,30-63H2,1-3H3/b10-7-,19-16-,25-23-,26-24-,29-28-. The van der Waals surface area contributed by atoms with Crippen LogP contribution in [0.4, 0.5) is 0 Å². The lowest BCUT2D eigenvalue weighted by Gasteiger charge is -2.18. The second kappa shape index (κ2) is 61.7. The summed E-state index contributed by atoms with van der Waals surface area (Å²) in [7, 11) is 0. The first kappa shape index (κ1) is 70.1. The van der Waals surface area contributed by atoms with E-state index in [1.807, 2.05) is 0 Å². The van der Waals surface area contributed by atoms with Gasteiger partial charge in [-0.3, -0.25) is 14.4 Å². The highest BCUT2D eigenvalue weighted by molar-refractivity contribution is 5.71. The van der Waals surface area contributed by atoms with Gasteiger partial charge in [0.05, 0.1) is 0 Å². The van der Waals surface area contributed by atoms with E-state index in [4.69, 9.17) is 14.2 Å². The molecule has 0 bridgehead atoms. The fourth-order valence-corrected chi connectivity index (χ4v) is 9.25. The molecule has 0 N–H and O–H groups in total. The molecule has 0 saturated heterocycles. The van der Waals surface area contributed by atoms with Gasteiger partial charge in [-0.15, -0.1) is 0 Å². The molecule has 0 spiro atoms. The first-order chi connectivity index (χ1) is 36.0. The van der Waals surface area contributed by atoms with Crippen LogP contribution in [0.5, 0.6) is 0 Å². The molecule has 0 aliphatic carbocycles. The molecule has 0 aliphatic rings. The van der Waals surface area contributed by atoms with Crippen LogP contribution in [0.1, 0.15) is 329 Å². The average molecular weight is 1020 g/mol. The Balaban J connectivity index is 4.12. The van der Waals surface area contributed by atoms with E-state index in [2.05, 4.69) is 81.5 Å². The Morgan fingerprint density at radius 3 is 0.849 bits per heavy atom. The molecule has 0 amide bonds. The SMILES string of the molecule is CC/C=C\C/C=C\C/C=C\C/C=C\CCCCCCCCCCCCCCCCCCC(=O)OCC(COC(=O)CCCCCCCCCCC)OC(=O)CCCCCCCCC/C=C\CCCCCCCC. The minimum absolute atomic E-state index is 0.0713. The number of esters is 3. The summed E-state index contributed by atoms with van der Waals surface area (Å²) in [6.45, 7) is 6.54. The Bertz CT molecular complexity index is 1310. The van der Waals surface area contributed by atoms with Crippen LogP contribution in [-0.4, -0.2) is 37.2 Å². The van der Waals surface area contributed by atoms with Crippen molar-refractivity contribution in [2.24, 2.45) is 0 Å². The van der Waals surface area contributed by atoms with Crippen LogP contribution >= 0.6 is 0 Å². The third kappa shape index (κ3) is 59.9. The third-order valence-electron chi connectivity index (χ3n) is 14.0. The normalized spacial score (nSPS) is 12.4. The zero-order valence-electron chi connectivity index (χ0n) is 48.7. The molecular formula is C67H120O6. The van der Waals surface area contributed by atoms with Gasteiger partial charge >= 0.3 is 17.9 Å². The number of ether oxygens (including phenoxy) is 3. The summed E-state index contributed by atoms with van der Waals surface area (Å²) < 4.78 is 16.9.